The lowest BCUT2D eigenvalue weighted by Gasteiger charge is -2.30. The van der Waals surface area contributed by atoms with E-state index in [1.807, 2.05) is 25.7 Å². The van der Waals surface area contributed by atoms with Gasteiger partial charge in [0, 0.05) is 26.2 Å². The molecule has 0 radical (unpaired) electrons. The van der Waals surface area contributed by atoms with Crippen molar-refractivity contribution in [1.29, 1.82) is 0 Å². The number of amides is 1. The van der Waals surface area contributed by atoms with Gasteiger partial charge < -0.3 is 20.7 Å². The van der Waals surface area contributed by atoms with Gasteiger partial charge in [-0.3, -0.25) is 14.2 Å². The van der Waals surface area contributed by atoms with Crippen LogP contribution in [0.1, 0.15) is 27.2 Å². The van der Waals surface area contributed by atoms with E-state index in [0.717, 1.165) is 4.57 Å². The Hall–Kier alpha value is -2.29. The van der Waals surface area contributed by atoms with E-state index in [1.54, 1.807) is 0 Å². The van der Waals surface area contributed by atoms with Gasteiger partial charge >= 0.3 is 5.69 Å². The summed E-state index contributed by atoms with van der Waals surface area (Å²) in [7, 11) is 0. The second-order valence-electron chi connectivity index (χ2n) is 6.86. The van der Waals surface area contributed by atoms with Gasteiger partial charge in [-0.1, -0.05) is 20.8 Å². The molecule has 0 spiro atoms. The number of rotatable bonds is 7. The van der Waals surface area contributed by atoms with E-state index >= 15 is 0 Å². The third-order valence-electron chi connectivity index (χ3n) is 4.23. The fourth-order valence-corrected chi connectivity index (χ4v) is 2.88. The number of carbonyl (C=O) groups excluding carboxylic acids is 1. The Kier molecular flexibility index (Phi) is 6.84. The van der Waals surface area contributed by atoms with Gasteiger partial charge in [0.25, 0.3) is 5.56 Å². The fourth-order valence-electron chi connectivity index (χ4n) is 2.88. The van der Waals surface area contributed by atoms with Crippen LogP contribution >= 0.6 is 0 Å². The number of nitrogen functional groups attached to an aromatic ring is 1. The van der Waals surface area contributed by atoms with Gasteiger partial charge in [-0.05, 0) is 12.3 Å². The van der Waals surface area contributed by atoms with E-state index in [9.17, 15) is 14.4 Å². The van der Waals surface area contributed by atoms with Gasteiger partial charge in [-0.2, -0.15) is 0 Å². The first-order chi connectivity index (χ1) is 12.4. The fraction of sp³-hybridized carbons (Fsp3) is 0.706. The number of hydrogen-bond donors (Lipinski definition) is 2. The highest BCUT2D eigenvalue weighted by molar-refractivity contribution is 5.76. The third kappa shape index (κ3) is 4.46. The normalized spacial score (nSPS) is 14.7. The molecular weight excluding hydrogens is 338 g/mol. The van der Waals surface area contributed by atoms with Gasteiger partial charge in [0.1, 0.15) is 18.1 Å². The summed E-state index contributed by atoms with van der Waals surface area (Å²) in [6.07, 6.45) is 0.685. The van der Waals surface area contributed by atoms with Crippen LogP contribution in [0.2, 0.25) is 0 Å². The molecule has 0 unspecified atom stereocenters. The summed E-state index contributed by atoms with van der Waals surface area (Å²) in [5, 5.41) is 2.74. The minimum Gasteiger partial charge on any atom is -0.383 e. The molecule has 3 N–H and O–H groups in total. The minimum absolute atomic E-state index is 0.155. The van der Waals surface area contributed by atoms with Crippen LogP contribution in [0.4, 0.5) is 11.5 Å². The van der Waals surface area contributed by atoms with Gasteiger partial charge in [-0.15, -0.1) is 0 Å². The summed E-state index contributed by atoms with van der Waals surface area (Å²) in [5.74, 6) is 0.0731. The van der Waals surface area contributed by atoms with Crippen molar-refractivity contribution in [1.82, 2.24) is 14.5 Å². The monoisotopic (exact) mass is 367 g/mol. The summed E-state index contributed by atoms with van der Waals surface area (Å²) in [5.41, 5.74) is 5.37. The first-order valence-electron chi connectivity index (χ1n) is 9.09. The number of carbonyl (C=O) groups is 1. The molecule has 1 aliphatic rings. The van der Waals surface area contributed by atoms with E-state index in [0.29, 0.717) is 45.8 Å². The molecule has 2 heterocycles. The molecule has 26 heavy (non-hydrogen) atoms. The summed E-state index contributed by atoms with van der Waals surface area (Å²) in [6.45, 7) is 8.43. The summed E-state index contributed by atoms with van der Waals surface area (Å²) in [6, 6.07) is 0. The first kappa shape index (κ1) is 20.0. The standard InChI is InChI=1S/C17H29N5O4/c1-4-5-21-15(18)14(20-6-8-26-9-7-20)16(24)22(17(21)25)11-13(23)19-10-12(2)3/h12H,4-11,18H2,1-3H3,(H,19,23). The van der Waals surface area contributed by atoms with Gasteiger partial charge in [-0.25, -0.2) is 9.36 Å². The van der Waals surface area contributed by atoms with Crippen molar-refractivity contribution in [2.24, 2.45) is 5.92 Å². The van der Waals surface area contributed by atoms with Gasteiger partial charge in [0.2, 0.25) is 5.91 Å². The van der Waals surface area contributed by atoms with Gasteiger partial charge in [0.05, 0.1) is 13.2 Å². The topological polar surface area (TPSA) is 112 Å². The number of nitrogens with zero attached hydrogens (tertiary/aromatic N) is 3. The zero-order valence-corrected chi connectivity index (χ0v) is 15.8. The summed E-state index contributed by atoms with van der Waals surface area (Å²) < 4.78 is 7.68. The van der Waals surface area contributed by atoms with Gasteiger partial charge in [0.15, 0.2) is 0 Å². The predicted molar refractivity (Wildman–Crippen MR) is 101 cm³/mol. The molecule has 1 aromatic heterocycles. The number of aromatic nitrogens is 2. The molecule has 1 fully saturated rings. The van der Waals surface area contributed by atoms with Crippen molar-refractivity contribution in [3.8, 4) is 0 Å². The van der Waals surface area contributed by atoms with Crippen molar-refractivity contribution in [2.75, 3.05) is 43.5 Å². The van der Waals surface area contributed by atoms with Crippen LogP contribution in [-0.2, 0) is 22.6 Å². The highest BCUT2D eigenvalue weighted by Crippen LogP contribution is 2.18. The van der Waals surface area contributed by atoms with Crippen LogP contribution in [0.3, 0.4) is 0 Å². The molecule has 1 amide bonds. The maximum absolute atomic E-state index is 12.9. The van der Waals surface area contributed by atoms with Crippen molar-refractivity contribution in [3.05, 3.63) is 20.8 Å². The van der Waals surface area contributed by atoms with Crippen molar-refractivity contribution in [3.63, 3.8) is 0 Å². The molecule has 146 valence electrons. The molecule has 2 rings (SSSR count). The Morgan fingerprint density at radius 1 is 1.23 bits per heavy atom. The zero-order valence-electron chi connectivity index (χ0n) is 15.8. The summed E-state index contributed by atoms with van der Waals surface area (Å²) in [4.78, 5) is 39.7. The lowest BCUT2D eigenvalue weighted by molar-refractivity contribution is -0.121. The first-order valence-corrected chi connectivity index (χ1v) is 9.09. The van der Waals surface area contributed by atoms with E-state index < -0.39 is 11.2 Å². The molecule has 9 nitrogen and oxygen atoms in total. The van der Waals surface area contributed by atoms with Crippen LogP contribution < -0.4 is 27.2 Å². The van der Waals surface area contributed by atoms with E-state index in [1.165, 1.54) is 4.57 Å². The van der Waals surface area contributed by atoms with Crippen molar-refractivity contribution < 1.29 is 9.53 Å². The molecule has 0 aromatic carbocycles. The van der Waals surface area contributed by atoms with Crippen LogP contribution in [0.25, 0.3) is 0 Å². The van der Waals surface area contributed by atoms with Crippen molar-refractivity contribution in [2.45, 2.75) is 40.3 Å². The lowest BCUT2D eigenvalue weighted by atomic mass is 10.2. The van der Waals surface area contributed by atoms with Crippen LogP contribution in [0.15, 0.2) is 9.59 Å². The Morgan fingerprint density at radius 2 is 1.88 bits per heavy atom. The Labute approximate surface area is 152 Å². The molecule has 9 heteroatoms. The molecule has 0 saturated carbocycles. The maximum atomic E-state index is 12.9. The van der Waals surface area contributed by atoms with Crippen LogP contribution in [0.5, 0.6) is 0 Å². The molecule has 0 bridgehead atoms. The highest BCUT2D eigenvalue weighted by Gasteiger charge is 2.24. The molecule has 1 aliphatic heterocycles. The number of nitrogens with one attached hydrogen (secondary N) is 1. The van der Waals surface area contributed by atoms with E-state index in [-0.39, 0.29) is 29.9 Å². The third-order valence-corrected chi connectivity index (χ3v) is 4.23. The number of hydrogen-bond acceptors (Lipinski definition) is 6. The van der Waals surface area contributed by atoms with Crippen molar-refractivity contribution >= 4 is 17.4 Å². The van der Waals surface area contributed by atoms with Crippen LogP contribution in [0, 0.1) is 5.92 Å². The average Bonchev–Trinajstić information content (AvgIpc) is 2.61. The molecule has 1 aromatic rings. The Bertz CT molecular complexity index is 747. The molecule has 1 saturated heterocycles. The number of morpholine rings is 1. The Morgan fingerprint density at radius 3 is 2.46 bits per heavy atom. The summed E-state index contributed by atoms with van der Waals surface area (Å²) >= 11 is 0. The van der Waals surface area contributed by atoms with E-state index in [4.69, 9.17) is 10.5 Å². The lowest BCUT2D eigenvalue weighted by Crippen LogP contribution is -2.49. The average molecular weight is 367 g/mol. The molecular formula is C17H29N5O4. The largest absolute Gasteiger partial charge is 0.383 e. The second kappa shape index (κ2) is 8.88. The number of anilines is 2. The smallest absolute Gasteiger partial charge is 0.333 e. The number of ether oxygens (including phenoxy) is 1. The maximum Gasteiger partial charge on any atom is 0.333 e. The number of nitrogens with two attached hydrogens (primary N) is 1. The van der Waals surface area contributed by atoms with E-state index in [2.05, 4.69) is 5.32 Å². The molecule has 0 aliphatic carbocycles. The SMILES string of the molecule is CCCn1c(N)c(N2CCOCC2)c(=O)n(CC(=O)NCC(C)C)c1=O. The second-order valence-corrected chi connectivity index (χ2v) is 6.86. The quantitative estimate of drug-likeness (QED) is 0.679. The predicted octanol–water partition coefficient (Wildman–Crippen LogP) is -0.389. The Balaban J connectivity index is 2.45. The molecule has 0 atom stereocenters. The highest BCUT2D eigenvalue weighted by atomic mass is 16.5. The minimum atomic E-state index is -0.550. The van der Waals surface area contributed by atoms with Crippen LogP contribution in [-0.4, -0.2) is 47.9 Å². The zero-order chi connectivity index (χ0) is 19.3.